The molecule has 1 fully saturated rings. The van der Waals surface area contributed by atoms with Crippen molar-refractivity contribution < 1.29 is 4.79 Å². The van der Waals surface area contributed by atoms with Gasteiger partial charge in [-0.25, -0.2) is 0 Å². The average Bonchev–Trinajstić information content (AvgIpc) is 2.36. The van der Waals surface area contributed by atoms with E-state index in [0.29, 0.717) is 11.6 Å². The van der Waals surface area contributed by atoms with Crippen LogP contribution in [0.15, 0.2) is 24.3 Å². The summed E-state index contributed by atoms with van der Waals surface area (Å²) in [5.41, 5.74) is 7.01. The number of primary amides is 1. The van der Waals surface area contributed by atoms with E-state index in [0.717, 1.165) is 18.4 Å². The Bertz CT molecular complexity index is 417. The van der Waals surface area contributed by atoms with Gasteiger partial charge in [-0.15, -0.1) is 0 Å². The molecule has 0 aliphatic heterocycles. The molecule has 1 aliphatic carbocycles. The van der Waals surface area contributed by atoms with E-state index in [4.69, 9.17) is 5.73 Å². The van der Waals surface area contributed by atoms with Gasteiger partial charge in [-0.05, 0) is 48.8 Å². The Hall–Kier alpha value is -1.35. The van der Waals surface area contributed by atoms with Gasteiger partial charge in [0.25, 0.3) is 0 Å². The van der Waals surface area contributed by atoms with E-state index in [1.807, 2.05) is 12.1 Å². The average molecular weight is 260 g/mol. The zero-order valence-corrected chi connectivity index (χ0v) is 11.9. The van der Waals surface area contributed by atoms with Gasteiger partial charge in [0.1, 0.15) is 0 Å². The van der Waals surface area contributed by atoms with Gasteiger partial charge in [0, 0.05) is 18.2 Å². The lowest BCUT2D eigenvalue weighted by molar-refractivity contribution is 0.100. The van der Waals surface area contributed by atoms with Crippen LogP contribution in [0.2, 0.25) is 0 Å². The number of benzene rings is 1. The first-order valence-electron chi connectivity index (χ1n) is 7.16. The Morgan fingerprint density at radius 2 is 1.74 bits per heavy atom. The number of nitrogens with two attached hydrogens (primary N) is 1. The summed E-state index contributed by atoms with van der Waals surface area (Å²) in [7, 11) is 0. The fourth-order valence-electron chi connectivity index (χ4n) is 3.16. The van der Waals surface area contributed by atoms with E-state index in [1.165, 1.54) is 24.8 Å². The molecule has 3 heteroatoms. The summed E-state index contributed by atoms with van der Waals surface area (Å²) in [6.07, 6.45) is 3.89. The summed E-state index contributed by atoms with van der Waals surface area (Å²) in [6, 6.07) is 8.16. The molecule has 1 aromatic carbocycles. The second-order valence-electron chi connectivity index (χ2n) is 6.06. The molecule has 104 valence electrons. The predicted molar refractivity (Wildman–Crippen MR) is 77.8 cm³/mol. The maximum atomic E-state index is 11.0. The highest BCUT2D eigenvalue weighted by atomic mass is 16.1. The van der Waals surface area contributed by atoms with Crippen molar-refractivity contribution in [2.45, 2.75) is 45.7 Å². The van der Waals surface area contributed by atoms with Crippen molar-refractivity contribution >= 4 is 5.91 Å². The highest BCUT2D eigenvalue weighted by Gasteiger charge is 2.23. The molecule has 2 unspecified atom stereocenters. The molecule has 2 rings (SSSR count). The Morgan fingerprint density at radius 3 is 2.26 bits per heavy atom. The first-order valence-corrected chi connectivity index (χ1v) is 7.16. The second kappa shape index (κ2) is 6.20. The third kappa shape index (κ3) is 4.06. The number of hydrogen-bond donors (Lipinski definition) is 2. The van der Waals surface area contributed by atoms with Gasteiger partial charge in [-0.1, -0.05) is 26.0 Å². The van der Waals surface area contributed by atoms with E-state index < -0.39 is 0 Å². The Kier molecular flexibility index (Phi) is 4.59. The smallest absolute Gasteiger partial charge is 0.248 e. The molecule has 0 bridgehead atoms. The molecule has 1 amide bonds. The number of carbonyl (C=O) groups excluding carboxylic acids is 1. The molecule has 1 saturated carbocycles. The lowest BCUT2D eigenvalue weighted by atomic mass is 9.80. The number of nitrogens with one attached hydrogen (secondary N) is 1. The molecule has 0 radical (unpaired) electrons. The SMILES string of the molecule is CC1CC(C)CC(NCc2ccc(C(N)=O)cc2)C1. The van der Waals surface area contributed by atoms with E-state index in [1.54, 1.807) is 12.1 Å². The number of carbonyl (C=O) groups is 1. The lowest BCUT2D eigenvalue weighted by Crippen LogP contribution is -2.35. The van der Waals surface area contributed by atoms with E-state index in [2.05, 4.69) is 19.2 Å². The van der Waals surface area contributed by atoms with Gasteiger partial charge in [0.05, 0.1) is 0 Å². The van der Waals surface area contributed by atoms with Gasteiger partial charge in [-0.3, -0.25) is 4.79 Å². The van der Waals surface area contributed by atoms with Gasteiger partial charge in [-0.2, -0.15) is 0 Å². The quantitative estimate of drug-likeness (QED) is 0.874. The highest BCUT2D eigenvalue weighted by molar-refractivity contribution is 5.92. The van der Waals surface area contributed by atoms with Crippen LogP contribution in [0.3, 0.4) is 0 Å². The first kappa shape index (κ1) is 14.1. The standard InChI is InChI=1S/C16H24N2O/c1-11-7-12(2)9-15(8-11)18-10-13-3-5-14(6-4-13)16(17)19/h3-6,11-12,15,18H,7-10H2,1-2H3,(H2,17,19). The largest absolute Gasteiger partial charge is 0.366 e. The van der Waals surface area contributed by atoms with Crippen LogP contribution in [0.25, 0.3) is 0 Å². The molecule has 19 heavy (non-hydrogen) atoms. The van der Waals surface area contributed by atoms with Gasteiger partial charge < -0.3 is 11.1 Å². The van der Waals surface area contributed by atoms with Crippen LogP contribution in [-0.4, -0.2) is 11.9 Å². The summed E-state index contributed by atoms with van der Waals surface area (Å²) < 4.78 is 0. The summed E-state index contributed by atoms with van der Waals surface area (Å²) in [5.74, 6) is 1.27. The Morgan fingerprint density at radius 1 is 1.16 bits per heavy atom. The van der Waals surface area contributed by atoms with E-state index >= 15 is 0 Å². The molecule has 3 nitrogen and oxygen atoms in total. The molecule has 0 spiro atoms. The van der Waals surface area contributed by atoms with Gasteiger partial charge >= 0.3 is 0 Å². The molecular weight excluding hydrogens is 236 g/mol. The van der Waals surface area contributed by atoms with E-state index in [-0.39, 0.29) is 5.91 Å². The zero-order valence-electron chi connectivity index (χ0n) is 11.9. The molecule has 0 aromatic heterocycles. The molecule has 0 heterocycles. The van der Waals surface area contributed by atoms with Crippen LogP contribution in [0.4, 0.5) is 0 Å². The summed E-state index contributed by atoms with van der Waals surface area (Å²) in [4.78, 5) is 11.0. The first-order chi connectivity index (χ1) is 9.04. The Balaban J connectivity index is 1.86. The molecule has 1 aromatic rings. The summed E-state index contributed by atoms with van der Waals surface area (Å²) in [5, 5.41) is 3.63. The lowest BCUT2D eigenvalue weighted by Gasteiger charge is -2.32. The van der Waals surface area contributed by atoms with Crippen LogP contribution in [0.5, 0.6) is 0 Å². The zero-order chi connectivity index (χ0) is 13.8. The molecular formula is C16H24N2O. The minimum absolute atomic E-state index is 0.366. The molecule has 2 atom stereocenters. The van der Waals surface area contributed by atoms with Crippen molar-refractivity contribution in [2.24, 2.45) is 17.6 Å². The molecule has 3 N–H and O–H groups in total. The fraction of sp³-hybridized carbons (Fsp3) is 0.562. The Labute approximate surface area is 115 Å². The maximum absolute atomic E-state index is 11.0. The summed E-state index contributed by atoms with van der Waals surface area (Å²) >= 11 is 0. The van der Waals surface area contributed by atoms with Gasteiger partial charge in [0.2, 0.25) is 5.91 Å². The third-order valence-corrected chi connectivity index (χ3v) is 4.01. The van der Waals surface area contributed by atoms with E-state index in [9.17, 15) is 4.79 Å². The number of rotatable bonds is 4. The molecule has 0 saturated heterocycles. The van der Waals surface area contributed by atoms with Crippen LogP contribution in [0, 0.1) is 11.8 Å². The van der Waals surface area contributed by atoms with Crippen molar-refractivity contribution in [3.8, 4) is 0 Å². The topological polar surface area (TPSA) is 55.1 Å². The maximum Gasteiger partial charge on any atom is 0.248 e. The third-order valence-electron chi connectivity index (χ3n) is 4.01. The molecule has 1 aliphatic rings. The van der Waals surface area contributed by atoms with Crippen LogP contribution in [0.1, 0.15) is 49.0 Å². The second-order valence-corrected chi connectivity index (χ2v) is 6.06. The van der Waals surface area contributed by atoms with Gasteiger partial charge in [0.15, 0.2) is 0 Å². The van der Waals surface area contributed by atoms with Crippen LogP contribution >= 0.6 is 0 Å². The van der Waals surface area contributed by atoms with Crippen molar-refractivity contribution in [2.75, 3.05) is 0 Å². The highest BCUT2D eigenvalue weighted by Crippen LogP contribution is 2.28. The summed E-state index contributed by atoms with van der Waals surface area (Å²) in [6.45, 7) is 5.54. The fourth-order valence-corrected chi connectivity index (χ4v) is 3.16. The minimum Gasteiger partial charge on any atom is -0.366 e. The number of hydrogen-bond acceptors (Lipinski definition) is 2. The van der Waals surface area contributed by atoms with Crippen LogP contribution in [-0.2, 0) is 6.54 Å². The normalized spacial score (nSPS) is 27.2. The predicted octanol–water partition coefficient (Wildman–Crippen LogP) is 2.70. The minimum atomic E-state index is -0.366. The van der Waals surface area contributed by atoms with Crippen molar-refractivity contribution in [1.29, 1.82) is 0 Å². The van der Waals surface area contributed by atoms with Crippen molar-refractivity contribution in [3.05, 3.63) is 35.4 Å². The number of amides is 1. The van der Waals surface area contributed by atoms with Crippen LogP contribution < -0.4 is 11.1 Å². The van der Waals surface area contributed by atoms with Crippen molar-refractivity contribution in [3.63, 3.8) is 0 Å². The van der Waals surface area contributed by atoms with Crippen molar-refractivity contribution in [1.82, 2.24) is 5.32 Å². The monoisotopic (exact) mass is 260 g/mol.